The lowest BCUT2D eigenvalue weighted by Gasteiger charge is -2.36. The monoisotopic (exact) mass is 625 g/mol. The summed E-state index contributed by atoms with van der Waals surface area (Å²) in [7, 11) is 3.65. The van der Waals surface area contributed by atoms with E-state index in [1.54, 1.807) is 32.2 Å². The summed E-state index contributed by atoms with van der Waals surface area (Å²) in [6.45, 7) is 4.03. The molecule has 1 aromatic heterocycles. The standard InChI is InChI=1S/C31H34F2N6O6/c1-4-42-31(41)39(3)14-10-20(11-15-39)43-26-24(32)29(44-21-7-5-6-19(16-21)28-36-12-13-38(28)2)37-30(25(26)33)45-23-17-18(27(34)35)8-9-22(23)40/h5-9,16-17,20H,4,10-15H2,1-3H3,(H3-,34,35,40)/p+1. The maximum absolute atomic E-state index is 16.0. The third-order valence-electron chi connectivity index (χ3n) is 7.70. The molecule has 14 heteroatoms. The molecule has 1 fully saturated rings. The number of carbonyl (C=O) groups excluding carboxylic acids is 1. The Morgan fingerprint density at radius 2 is 1.84 bits per heavy atom. The van der Waals surface area contributed by atoms with Crippen molar-refractivity contribution in [3.05, 3.63) is 65.2 Å². The number of aromatic hydroxyl groups is 1. The van der Waals surface area contributed by atoms with Crippen molar-refractivity contribution in [2.45, 2.75) is 25.9 Å². The highest BCUT2D eigenvalue weighted by atomic mass is 19.1. The minimum Gasteiger partial charge on any atom is -0.504 e. The Hall–Kier alpha value is -4.98. The molecule has 2 aromatic carbocycles. The number of hydrogen-bond donors (Lipinski definition) is 3. The number of hydrogen-bond acceptors (Lipinski definition) is 10. The van der Waals surface area contributed by atoms with Crippen molar-refractivity contribution >= 4 is 17.8 Å². The first kappa shape index (κ1) is 31.4. The normalized spacial score (nSPS) is 19.5. The van der Waals surface area contributed by atoms with Crippen LogP contribution >= 0.6 is 0 Å². The van der Waals surface area contributed by atoms with E-state index in [1.165, 1.54) is 18.2 Å². The fourth-order valence-electron chi connectivity index (χ4n) is 5.10. The number of ether oxygens (including phenoxy) is 4. The van der Waals surface area contributed by atoms with E-state index in [1.807, 2.05) is 18.0 Å². The van der Waals surface area contributed by atoms with Gasteiger partial charge >= 0.3 is 6.09 Å². The van der Waals surface area contributed by atoms with Gasteiger partial charge in [0.1, 0.15) is 23.5 Å². The molecule has 1 saturated heterocycles. The van der Waals surface area contributed by atoms with Crippen molar-refractivity contribution in [2.24, 2.45) is 10.7 Å². The SMILES string of the molecule is CCOC(=O)[N+]1(C)CCC(Oc2c(F)c(Oc3cccc(C4=NCCN4C)c3)nc(Oc3cc(C(=N)N)ccc3O)c2F)CC1. The minimum absolute atomic E-state index is 0.0142. The maximum atomic E-state index is 16.0. The molecule has 0 spiro atoms. The van der Waals surface area contributed by atoms with Crippen LogP contribution in [0.4, 0.5) is 13.6 Å². The van der Waals surface area contributed by atoms with Gasteiger partial charge in [-0.2, -0.15) is 18.6 Å². The second kappa shape index (κ2) is 12.9. The number of nitrogens with zero attached hydrogens (tertiary/aromatic N) is 4. The van der Waals surface area contributed by atoms with Crippen molar-refractivity contribution in [1.82, 2.24) is 9.88 Å². The molecule has 3 aromatic rings. The van der Waals surface area contributed by atoms with Crippen LogP contribution in [0.5, 0.6) is 34.8 Å². The number of nitrogens with two attached hydrogens (primary N) is 1. The van der Waals surface area contributed by atoms with Crippen molar-refractivity contribution in [1.29, 1.82) is 5.41 Å². The predicted molar refractivity (Wildman–Crippen MR) is 160 cm³/mol. The first-order valence-electron chi connectivity index (χ1n) is 14.5. The summed E-state index contributed by atoms with van der Waals surface area (Å²) in [4.78, 5) is 22.9. The number of likely N-dealkylation sites (N-methyl/N-ethyl adjacent to an activating group) is 1. The van der Waals surface area contributed by atoms with Crippen LogP contribution in [0.1, 0.15) is 30.9 Å². The first-order valence-corrected chi connectivity index (χ1v) is 14.5. The summed E-state index contributed by atoms with van der Waals surface area (Å²) in [6.07, 6.45) is -0.413. The number of nitrogen functional groups attached to an aromatic ring is 1. The Morgan fingerprint density at radius 1 is 1.13 bits per heavy atom. The molecule has 4 N–H and O–H groups in total. The van der Waals surface area contributed by atoms with Gasteiger partial charge in [0.15, 0.2) is 11.5 Å². The third-order valence-corrected chi connectivity index (χ3v) is 7.70. The van der Waals surface area contributed by atoms with E-state index in [-0.39, 0.29) is 40.1 Å². The van der Waals surface area contributed by atoms with Crippen LogP contribution in [-0.2, 0) is 4.74 Å². The number of halogens is 2. The molecule has 0 atom stereocenters. The highest BCUT2D eigenvalue weighted by Gasteiger charge is 2.40. The Balaban J connectivity index is 1.48. The zero-order valence-electron chi connectivity index (χ0n) is 25.2. The van der Waals surface area contributed by atoms with E-state index in [9.17, 15) is 9.90 Å². The van der Waals surface area contributed by atoms with Crippen LogP contribution in [-0.4, -0.2) is 90.2 Å². The number of piperidine rings is 1. The molecule has 2 aliphatic rings. The molecule has 238 valence electrons. The number of likely N-dealkylation sites (tertiary alicyclic amines) is 1. The van der Waals surface area contributed by atoms with Crippen LogP contribution in [0.15, 0.2) is 47.5 Å². The number of nitrogens with one attached hydrogen (secondary N) is 1. The highest BCUT2D eigenvalue weighted by Crippen LogP contribution is 2.40. The molecule has 45 heavy (non-hydrogen) atoms. The molecule has 5 rings (SSSR count). The number of amidine groups is 2. The summed E-state index contributed by atoms with van der Waals surface area (Å²) < 4.78 is 54.4. The Morgan fingerprint density at radius 3 is 2.49 bits per heavy atom. The summed E-state index contributed by atoms with van der Waals surface area (Å²) >= 11 is 0. The number of quaternary nitrogens is 1. The van der Waals surface area contributed by atoms with Gasteiger partial charge in [-0.15, -0.1) is 0 Å². The molecular weight excluding hydrogens is 590 g/mol. The maximum Gasteiger partial charge on any atom is 0.515 e. The molecule has 12 nitrogen and oxygen atoms in total. The first-order chi connectivity index (χ1) is 21.5. The average molecular weight is 626 g/mol. The van der Waals surface area contributed by atoms with E-state index in [0.717, 1.165) is 17.9 Å². The molecule has 1 amide bonds. The highest BCUT2D eigenvalue weighted by molar-refractivity contribution is 6.00. The Kier molecular flexibility index (Phi) is 9.04. The largest absolute Gasteiger partial charge is 0.515 e. The van der Waals surface area contributed by atoms with Crippen LogP contribution in [0.3, 0.4) is 0 Å². The lowest BCUT2D eigenvalue weighted by atomic mass is 10.1. The minimum atomic E-state index is -1.27. The predicted octanol–water partition coefficient (Wildman–Crippen LogP) is 4.77. The van der Waals surface area contributed by atoms with Gasteiger partial charge in [-0.25, -0.2) is 4.48 Å². The zero-order chi connectivity index (χ0) is 32.3. The Bertz CT molecular complexity index is 1640. The van der Waals surface area contributed by atoms with E-state index in [4.69, 9.17) is 30.1 Å². The number of carbonyl (C=O) groups is 1. The van der Waals surface area contributed by atoms with Gasteiger partial charge in [0, 0.05) is 37.6 Å². The number of pyridine rings is 1. The van der Waals surface area contributed by atoms with Gasteiger partial charge in [0.2, 0.25) is 17.4 Å². The summed E-state index contributed by atoms with van der Waals surface area (Å²) in [5, 5.41) is 18.0. The van der Waals surface area contributed by atoms with Gasteiger partial charge in [-0.1, -0.05) is 12.1 Å². The van der Waals surface area contributed by atoms with Crippen LogP contribution in [0.25, 0.3) is 0 Å². The summed E-state index contributed by atoms with van der Waals surface area (Å²) in [6, 6.07) is 10.6. The lowest BCUT2D eigenvalue weighted by Crippen LogP contribution is -2.55. The fourth-order valence-corrected chi connectivity index (χ4v) is 5.10. The quantitative estimate of drug-likeness (QED) is 0.173. The summed E-state index contributed by atoms with van der Waals surface area (Å²) in [5.41, 5.74) is 6.49. The number of phenols is 1. The van der Waals surface area contributed by atoms with Crippen LogP contribution in [0.2, 0.25) is 0 Å². The molecule has 0 bridgehead atoms. The topological polar surface area (TPSA) is 153 Å². The van der Waals surface area contributed by atoms with Gasteiger partial charge in [-0.3, -0.25) is 10.4 Å². The molecular formula is C31H35F2N6O6+. The fraction of sp³-hybridized carbons (Fsp3) is 0.355. The number of amides is 1. The number of aliphatic imine (C=N–C) groups is 1. The molecule has 0 unspecified atom stereocenters. The van der Waals surface area contributed by atoms with E-state index >= 15 is 8.78 Å². The van der Waals surface area contributed by atoms with E-state index in [0.29, 0.717) is 32.5 Å². The second-order valence-electron chi connectivity index (χ2n) is 11.0. The molecule has 2 aliphatic heterocycles. The lowest BCUT2D eigenvalue weighted by molar-refractivity contribution is -0.844. The zero-order valence-corrected chi connectivity index (χ0v) is 25.2. The van der Waals surface area contributed by atoms with Crippen molar-refractivity contribution in [3.63, 3.8) is 0 Å². The van der Waals surface area contributed by atoms with Gasteiger partial charge in [-0.05, 0) is 37.3 Å². The van der Waals surface area contributed by atoms with Gasteiger partial charge in [0.05, 0.1) is 33.3 Å². The molecule has 0 saturated carbocycles. The molecule has 0 aliphatic carbocycles. The van der Waals surface area contributed by atoms with Crippen molar-refractivity contribution < 1.29 is 42.1 Å². The van der Waals surface area contributed by atoms with E-state index < -0.39 is 41.0 Å². The van der Waals surface area contributed by atoms with Crippen molar-refractivity contribution in [2.75, 3.05) is 46.9 Å². The average Bonchev–Trinajstić information content (AvgIpc) is 3.45. The van der Waals surface area contributed by atoms with Crippen LogP contribution < -0.4 is 19.9 Å². The number of phenolic OH excluding ortho intramolecular Hbond substituents is 1. The van der Waals surface area contributed by atoms with Gasteiger partial charge in [0.25, 0.3) is 11.8 Å². The number of benzene rings is 2. The summed E-state index contributed by atoms with van der Waals surface area (Å²) in [5.74, 6) is -4.67. The second-order valence-corrected chi connectivity index (χ2v) is 11.0. The van der Waals surface area contributed by atoms with Gasteiger partial charge < -0.3 is 34.7 Å². The molecule has 3 heterocycles. The van der Waals surface area contributed by atoms with Crippen LogP contribution in [0, 0.1) is 17.0 Å². The number of rotatable bonds is 9. The third kappa shape index (κ3) is 6.75. The smallest absolute Gasteiger partial charge is 0.504 e. The molecule has 0 radical (unpaired) electrons. The number of aromatic nitrogens is 1. The van der Waals surface area contributed by atoms with E-state index in [2.05, 4.69) is 9.98 Å². The van der Waals surface area contributed by atoms with Crippen molar-refractivity contribution in [3.8, 4) is 34.8 Å². The Labute approximate surface area is 258 Å².